The Bertz CT molecular complexity index is 834. The van der Waals surface area contributed by atoms with Crippen LogP contribution in [-0.4, -0.2) is 89.4 Å². The Morgan fingerprint density at radius 1 is 1.06 bits per heavy atom. The van der Waals surface area contributed by atoms with E-state index in [9.17, 15) is 34.8 Å². The number of aromatic hydroxyl groups is 1. The molecule has 1 aromatic carbocycles. The Morgan fingerprint density at radius 3 is 2.39 bits per heavy atom. The monoisotopic (exact) mass is 472 g/mol. The largest absolute Gasteiger partial charge is 0.507 e. The van der Waals surface area contributed by atoms with Gasteiger partial charge in [0.15, 0.2) is 6.29 Å². The second-order valence-electron chi connectivity index (χ2n) is 7.21. The number of phenols is 1. The van der Waals surface area contributed by atoms with Gasteiger partial charge in [-0.15, -0.1) is 0 Å². The first-order valence-electron chi connectivity index (χ1n) is 10.1. The van der Waals surface area contributed by atoms with Crippen LogP contribution in [0.2, 0.25) is 0 Å². The molecule has 0 radical (unpaired) electrons. The highest BCUT2D eigenvalue weighted by Crippen LogP contribution is 2.22. The number of rotatable bonds is 10. The number of hydrogen-bond acceptors (Lipinski definition) is 13. The molecule has 0 aliphatic carbocycles. The van der Waals surface area contributed by atoms with Crippen LogP contribution in [-0.2, 0) is 28.5 Å². The number of carbonyl (C=O) groups is 3. The number of benzene rings is 1. The van der Waals surface area contributed by atoms with E-state index in [1.165, 1.54) is 25.2 Å². The van der Waals surface area contributed by atoms with Crippen LogP contribution < -0.4 is 11.1 Å². The first-order chi connectivity index (χ1) is 15.6. The third kappa shape index (κ3) is 7.54. The van der Waals surface area contributed by atoms with Gasteiger partial charge in [-0.1, -0.05) is 0 Å². The number of likely N-dealkylation sites (N-methyl/N-ethyl adjacent to an activating group) is 1. The summed E-state index contributed by atoms with van der Waals surface area (Å²) in [6.07, 6.45) is -5.52. The van der Waals surface area contributed by atoms with Crippen LogP contribution in [0.25, 0.3) is 0 Å². The van der Waals surface area contributed by atoms with E-state index < -0.39 is 55.3 Å². The van der Waals surface area contributed by atoms with Crippen LogP contribution in [0.1, 0.15) is 29.6 Å². The molecule has 7 N–H and O–H groups in total. The van der Waals surface area contributed by atoms with Crippen molar-refractivity contribution in [2.45, 2.75) is 49.9 Å². The molecule has 33 heavy (non-hydrogen) atoms. The van der Waals surface area contributed by atoms with Gasteiger partial charge in [-0.2, -0.15) is 0 Å². The van der Waals surface area contributed by atoms with Gasteiger partial charge >= 0.3 is 17.9 Å². The van der Waals surface area contributed by atoms with Gasteiger partial charge < -0.3 is 50.4 Å². The summed E-state index contributed by atoms with van der Waals surface area (Å²) in [6.45, 7) is -0.906. The van der Waals surface area contributed by atoms with Gasteiger partial charge in [-0.25, -0.2) is 4.79 Å². The molecule has 1 saturated heterocycles. The van der Waals surface area contributed by atoms with Crippen molar-refractivity contribution in [3.05, 3.63) is 23.8 Å². The number of carbonyl (C=O) groups excluding carboxylic acids is 3. The second kappa shape index (κ2) is 12.3. The van der Waals surface area contributed by atoms with Crippen molar-refractivity contribution in [1.82, 2.24) is 5.32 Å². The molecule has 1 aliphatic heterocycles. The summed E-state index contributed by atoms with van der Waals surface area (Å²) in [5.74, 6) is -2.85. The molecule has 2 unspecified atom stereocenters. The lowest BCUT2D eigenvalue weighted by Gasteiger charge is -2.40. The van der Waals surface area contributed by atoms with Crippen LogP contribution in [0.4, 0.5) is 5.69 Å². The number of phenolic OH excluding ortho intramolecular Hbond substituents is 1. The molecule has 1 heterocycles. The van der Waals surface area contributed by atoms with Crippen LogP contribution in [0, 0.1) is 0 Å². The maximum Gasteiger partial charge on any atom is 0.344 e. The second-order valence-corrected chi connectivity index (χ2v) is 7.21. The maximum atomic E-state index is 11.8. The molecule has 1 aromatic rings. The molecule has 1 aliphatic rings. The molecule has 0 aromatic heterocycles. The highest BCUT2D eigenvalue weighted by Gasteiger charge is 2.42. The number of nitrogen functional groups attached to an aromatic ring is 1. The quantitative estimate of drug-likeness (QED) is 0.0980. The van der Waals surface area contributed by atoms with Crippen molar-refractivity contribution in [1.29, 1.82) is 0 Å². The normalized spacial score (nSPS) is 24.7. The van der Waals surface area contributed by atoms with Crippen molar-refractivity contribution in [2.75, 3.05) is 26.2 Å². The summed E-state index contributed by atoms with van der Waals surface area (Å²) < 4.78 is 19.6. The maximum absolute atomic E-state index is 11.8. The summed E-state index contributed by atoms with van der Waals surface area (Å²) in [7, 11) is 1.49. The summed E-state index contributed by atoms with van der Waals surface area (Å²) in [6, 6.07) is 2.95. The standard InChI is InChI=1S/C20H28N2O11/c1-22-16-18(27)17(26)13(33-20(16)29)6-7-30-14(24)4-5-15(25)31-9-32-19(28)11-8-10(21)2-3-12(11)23/h2-3,8,13,16-18,20,22-23,26-27,29H,4-7,9,21H2,1H3/t13?,16?,17-,18+,20-/m1/s1. The Hall–Kier alpha value is -2.97. The predicted octanol–water partition coefficient (Wildman–Crippen LogP) is -1.63. The van der Waals surface area contributed by atoms with Gasteiger partial charge in [0.1, 0.15) is 23.5 Å². The molecule has 0 spiro atoms. The van der Waals surface area contributed by atoms with E-state index in [2.05, 4.69) is 5.32 Å². The fourth-order valence-electron chi connectivity index (χ4n) is 3.08. The number of aliphatic hydroxyl groups excluding tert-OH is 3. The van der Waals surface area contributed by atoms with E-state index in [0.29, 0.717) is 0 Å². The molecule has 13 nitrogen and oxygen atoms in total. The van der Waals surface area contributed by atoms with Gasteiger partial charge in [0.05, 0.1) is 31.6 Å². The lowest BCUT2D eigenvalue weighted by molar-refractivity contribution is -0.249. The Balaban J connectivity index is 1.63. The highest BCUT2D eigenvalue weighted by atomic mass is 16.7. The molecule has 5 atom stereocenters. The van der Waals surface area contributed by atoms with E-state index >= 15 is 0 Å². The fourth-order valence-corrected chi connectivity index (χ4v) is 3.08. The predicted molar refractivity (Wildman–Crippen MR) is 109 cm³/mol. The van der Waals surface area contributed by atoms with Gasteiger partial charge in [0.25, 0.3) is 0 Å². The van der Waals surface area contributed by atoms with Crippen molar-refractivity contribution in [2.24, 2.45) is 0 Å². The van der Waals surface area contributed by atoms with Crippen LogP contribution in [0.15, 0.2) is 18.2 Å². The summed E-state index contributed by atoms with van der Waals surface area (Å²) in [4.78, 5) is 35.3. The number of esters is 3. The molecule has 0 bridgehead atoms. The zero-order valence-electron chi connectivity index (χ0n) is 17.9. The van der Waals surface area contributed by atoms with Gasteiger partial charge in [0.2, 0.25) is 6.79 Å². The number of nitrogens with one attached hydrogen (secondary N) is 1. The lowest BCUT2D eigenvalue weighted by atomic mass is 9.95. The smallest absolute Gasteiger partial charge is 0.344 e. The number of nitrogens with two attached hydrogens (primary N) is 1. The van der Waals surface area contributed by atoms with E-state index in [1.54, 1.807) is 0 Å². The highest BCUT2D eigenvalue weighted by molar-refractivity contribution is 5.93. The molecule has 13 heteroatoms. The van der Waals surface area contributed by atoms with Crippen LogP contribution >= 0.6 is 0 Å². The Morgan fingerprint density at radius 2 is 1.73 bits per heavy atom. The molecule has 2 rings (SSSR count). The zero-order valence-corrected chi connectivity index (χ0v) is 17.9. The number of ether oxygens (including phenoxy) is 4. The fraction of sp³-hybridized carbons (Fsp3) is 0.550. The van der Waals surface area contributed by atoms with Gasteiger partial charge in [-0.05, 0) is 25.2 Å². The molecular weight excluding hydrogens is 444 g/mol. The van der Waals surface area contributed by atoms with E-state index in [1.807, 2.05) is 0 Å². The SMILES string of the molecule is CNC1[C@H](O)OC(CCOC(=O)CCC(=O)OCOC(=O)c2cc(N)ccc2O)[C@@H](O)[C@H]1O. The molecular formula is C20H28N2O11. The van der Waals surface area contributed by atoms with E-state index in [4.69, 9.17) is 24.7 Å². The Kier molecular flexibility index (Phi) is 9.81. The van der Waals surface area contributed by atoms with E-state index in [-0.39, 0.29) is 42.9 Å². The summed E-state index contributed by atoms with van der Waals surface area (Å²) in [5.41, 5.74) is 5.56. The molecule has 184 valence electrons. The van der Waals surface area contributed by atoms with Crippen LogP contribution in [0.3, 0.4) is 0 Å². The van der Waals surface area contributed by atoms with Gasteiger partial charge in [-0.3, -0.25) is 9.59 Å². The number of aliphatic hydroxyl groups is 3. The zero-order chi connectivity index (χ0) is 24.5. The third-order valence-electron chi connectivity index (χ3n) is 4.90. The van der Waals surface area contributed by atoms with Gasteiger partial charge in [0, 0.05) is 12.1 Å². The Labute approximate surface area is 189 Å². The third-order valence-corrected chi connectivity index (χ3v) is 4.90. The van der Waals surface area contributed by atoms with Crippen LogP contribution in [0.5, 0.6) is 5.75 Å². The number of anilines is 1. The van der Waals surface area contributed by atoms with Crippen molar-refractivity contribution < 1.29 is 53.8 Å². The number of hydrogen-bond donors (Lipinski definition) is 6. The summed E-state index contributed by atoms with van der Waals surface area (Å²) >= 11 is 0. The molecule has 0 saturated carbocycles. The average Bonchev–Trinajstić information content (AvgIpc) is 2.77. The van der Waals surface area contributed by atoms with Crippen molar-refractivity contribution in [3.63, 3.8) is 0 Å². The topological polar surface area (TPSA) is 207 Å². The van der Waals surface area contributed by atoms with Crippen molar-refractivity contribution in [3.8, 4) is 5.75 Å². The lowest BCUT2D eigenvalue weighted by Crippen LogP contribution is -2.61. The van der Waals surface area contributed by atoms with E-state index in [0.717, 1.165) is 0 Å². The molecule has 0 amide bonds. The minimum absolute atomic E-state index is 0.00864. The first kappa shape index (κ1) is 26.3. The minimum atomic E-state index is -1.35. The molecule has 1 fully saturated rings. The average molecular weight is 472 g/mol. The van der Waals surface area contributed by atoms with Crippen molar-refractivity contribution >= 4 is 23.6 Å². The summed E-state index contributed by atoms with van der Waals surface area (Å²) in [5, 5.41) is 42.1. The minimum Gasteiger partial charge on any atom is -0.507 e. The first-order valence-corrected chi connectivity index (χ1v) is 10.1.